The number of nitrogens with zero attached hydrogens (tertiary/aromatic N) is 7. The molecule has 4 aliphatic rings. The summed E-state index contributed by atoms with van der Waals surface area (Å²) in [5, 5.41) is 22.5. The quantitative estimate of drug-likeness (QED) is 0.0805. The lowest BCUT2D eigenvalue weighted by Gasteiger charge is -2.31. The molecule has 4 aromatic heterocycles. The summed E-state index contributed by atoms with van der Waals surface area (Å²) < 4.78 is 58.1. The largest absolute Gasteiger partial charge is 0.480 e. The van der Waals surface area contributed by atoms with Gasteiger partial charge in [0.25, 0.3) is 0 Å². The van der Waals surface area contributed by atoms with Crippen LogP contribution in [0.4, 0.5) is 21.1 Å². The molecule has 5 atom stereocenters. The fraction of sp³-hybridized carbons (Fsp3) is 0.409. The molecule has 2 amide bonds. The van der Waals surface area contributed by atoms with Crippen molar-refractivity contribution in [2.45, 2.75) is 154 Å². The van der Waals surface area contributed by atoms with Crippen LogP contribution in [0.15, 0.2) is 134 Å². The minimum Gasteiger partial charge on any atom is -0.480 e. The van der Waals surface area contributed by atoms with Gasteiger partial charge in [0.05, 0.1) is 53.4 Å². The summed E-state index contributed by atoms with van der Waals surface area (Å²) in [6.07, 6.45) is 20.9. The molecule has 4 fully saturated rings. The van der Waals surface area contributed by atoms with Gasteiger partial charge in [-0.25, -0.2) is 29.5 Å². The zero-order valence-corrected chi connectivity index (χ0v) is 54.7. The molecule has 26 heteroatoms. The zero-order chi connectivity index (χ0) is 65.5. The Morgan fingerprint density at radius 1 is 0.652 bits per heavy atom. The van der Waals surface area contributed by atoms with Gasteiger partial charge < -0.3 is 40.7 Å². The molecule has 1 aliphatic heterocycles. The van der Waals surface area contributed by atoms with E-state index >= 15 is 0 Å². The van der Waals surface area contributed by atoms with Crippen molar-refractivity contribution in [3.8, 4) is 33.9 Å². The van der Waals surface area contributed by atoms with Crippen LogP contribution in [0.2, 0.25) is 10.0 Å². The van der Waals surface area contributed by atoms with Crippen molar-refractivity contribution in [3.63, 3.8) is 0 Å². The fourth-order valence-electron chi connectivity index (χ4n) is 11.8. The number of rotatable bonds is 11. The molecule has 5 heterocycles. The van der Waals surface area contributed by atoms with Gasteiger partial charge in [0, 0.05) is 82.3 Å². The first-order valence-electron chi connectivity index (χ1n) is 30.5. The van der Waals surface area contributed by atoms with Gasteiger partial charge in [0.15, 0.2) is 0 Å². The molecule has 4 aromatic carbocycles. The van der Waals surface area contributed by atoms with Crippen molar-refractivity contribution in [2.24, 2.45) is 11.7 Å². The van der Waals surface area contributed by atoms with Crippen LogP contribution in [0.1, 0.15) is 119 Å². The van der Waals surface area contributed by atoms with E-state index in [1.54, 1.807) is 33.2 Å². The van der Waals surface area contributed by atoms with Gasteiger partial charge in [0.1, 0.15) is 11.6 Å². The lowest BCUT2D eigenvalue weighted by molar-refractivity contribution is -0.142. The number of carbonyl (C=O) groups is 3. The molecule has 1 saturated heterocycles. The summed E-state index contributed by atoms with van der Waals surface area (Å²) in [5.74, 6) is 0.656. The number of nitrogens with two attached hydrogens (primary N) is 1. The van der Waals surface area contributed by atoms with E-state index in [9.17, 15) is 18.8 Å². The van der Waals surface area contributed by atoms with Crippen molar-refractivity contribution in [2.75, 3.05) is 24.3 Å². The lowest BCUT2D eigenvalue weighted by Crippen LogP contribution is -2.43. The van der Waals surface area contributed by atoms with E-state index in [1.165, 1.54) is 17.7 Å². The fourth-order valence-corrected chi connectivity index (χ4v) is 12.2. The Labute approximate surface area is 561 Å². The highest BCUT2D eigenvalue weighted by atomic mass is 35.5. The third-order valence-corrected chi connectivity index (χ3v) is 16.3. The van der Waals surface area contributed by atoms with Gasteiger partial charge >= 0.3 is 35.2 Å². The predicted molar refractivity (Wildman–Crippen MR) is 365 cm³/mol. The summed E-state index contributed by atoms with van der Waals surface area (Å²) in [6.45, 7) is 5.75. The molecule has 494 valence electrons. The maximum atomic E-state index is 12.7. The first-order chi connectivity index (χ1) is 43.9. The monoisotopic (exact) mass is 1360 g/mol. The van der Waals surface area contributed by atoms with Crippen molar-refractivity contribution in [1.82, 2.24) is 39.3 Å². The average Bonchev–Trinajstić information content (AvgIpc) is 1.64. The number of hydrogen-bond donors (Lipinski definition) is 5. The number of amides is 2. The van der Waals surface area contributed by atoms with E-state index in [-0.39, 0.29) is 49.8 Å². The summed E-state index contributed by atoms with van der Waals surface area (Å²) in [7, 11) is -1.00. The highest BCUT2D eigenvalue weighted by Crippen LogP contribution is 2.38. The molecule has 6 N–H and O–H groups in total. The van der Waals surface area contributed by atoms with E-state index < -0.39 is 54.0 Å². The van der Waals surface area contributed by atoms with Gasteiger partial charge in [-0.3, -0.25) is 14.1 Å². The number of likely N-dealkylation sites (tertiary alicyclic amines) is 1. The maximum Gasteiger partial charge on any atom is 0.411 e. The summed E-state index contributed by atoms with van der Waals surface area (Å²) in [4.78, 5) is 55.0. The van der Waals surface area contributed by atoms with E-state index in [4.69, 9.17) is 67.0 Å². The van der Waals surface area contributed by atoms with E-state index in [0.717, 1.165) is 121 Å². The van der Waals surface area contributed by atoms with E-state index in [2.05, 4.69) is 96.0 Å². The van der Waals surface area contributed by atoms with Crippen LogP contribution >= 0.6 is 35.6 Å². The molecule has 20 nitrogen and oxygen atoms in total. The van der Waals surface area contributed by atoms with Crippen LogP contribution in [-0.2, 0) is 37.5 Å². The maximum absolute atomic E-state index is 12.7. The van der Waals surface area contributed by atoms with E-state index in [0.29, 0.717) is 46.6 Å². The SMILES string of the molecule is C.CC(C)(C)OC(=O)N1CCC[C@@H]1C(=O)O.Cl.N[C@H]1CCC[C@@H](Nc2ncc(Cl)c(-c3cn(-c4ccccc4)c4ccccc34)n2)C1.O=C(N[C@H]1CCC[C@@H](Nc2ncc(Cl)c(-c3cn(-c4ccccc4)c4ccccc34)n2)C1)C1CCCC1.O=S=O.O=S=O.[2H]CF. The van der Waals surface area contributed by atoms with Gasteiger partial charge in [-0.15, -0.1) is 12.4 Å². The number of carbonyl (C=O) groups excluding carboxylic acids is 2. The molecule has 3 saturated carbocycles. The Morgan fingerprint density at radius 2 is 1.09 bits per heavy atom. The number of ether oxygens (including phenoxy) is 1. The van der Waals surface area contributed by atoms with Crippen LogP contribution < -0.4 is 21.7 Å². The molecule has 0 spiro atoms. The van der Waals surface area contributed by atoms with Crippen molar-refractivity contribution < 1.29 is 46.8 Å². The van der Waals surface area contributed by atoms with Crippen LogP contribution in [0.5, 0.6) is 0 Å². The molecule has 3 aliphatic carbocycles. The van der Waals surface area contributed by atoms with Crippen LogP contribution in [0, 0.1) is 5.92 Å². The number of aromatic nitrogens is 6. The van der Waals surface area contributed by atoms with Crippen molar-refractivity contribution >= 4 is 110 Å². The number of hydrogen-bond acceptors (Lipinski definition) is 15. The molecule has 8 aromatic rings. The van der Waals surface area contributed by atoms with Gasteiger partial charge in [-0.2, -0.15) is 16.8 Å². The topological polar surface area (TPSA) is 276 Å². The van der Waals surface area contributed by atoms with Gasteiger partial charge in [-0.1, -0.05) is 116 Å². The lowest BCUT2D eigenvalue weighted by atomic mass is 9.90. The molecular weight excluding hydrogens is 1280 g/mol. The number of fused-ring (bicyclic) bond motifs is 2. The number of benzene rings is 4. The second kappa shape index (κ2) is 37.1. The molecule has 0 unspecified atom stereocenters. The first kappa shape index (κ1) is 73.4. The Hall–Kier alpha value is -7.67. The minimum atomic E-state index is -1.00. The second-order valence-corrected chi connectivity index (χ2v) is 24.2. The molecule has 12 rings (SSSR count). The standard InChI is InChI=1S/C30H32ClN5O.C24H24ClN5.C10H17NO4.CH3F.CH4.ClH.2O2S/c31-26-18-32-30(34-22-12-8-11-21(17-22)33-29(37)20-9-4-5-10-20)35-28(26)25-19-36(23-13-2-1-3-14-23)27-16-7-6-15-24(25)27;25-21-14-27-24(28-17-8-6-7-16(26)13-17)29-23(21)20-15-30(18-9-2-1-3-10-18)22-12-5-4-11-19(20)22;1-10(2,3)15-9(14)11-6-4-5-7(11)8(12)13;1-2;;;2*1-3-2/h1-3,6-7,13-16,18-22H,4-5,8-12,17H2,(H,33,37)(H,32,34,35);1-5,9-12,14-17H,6-8,13,26H2,(H,27,28,29);7H,4-6H2,1-3H3,(H,12,13);1H3;1H4;1H;;/t21-,22+;16-,17+;7-;;;;;/m001...../s1/i;;;1D;;;;. The summed E-state index contributed by atoms with van der Waals surface area (Å²) in [5.41, 5.74) is 13.4. The van der Waals surface area contributed by atoms with Crippen LogP contribution in [0.3, 0.4) is 0 Å². The highest BCUT2D eigenvalue weighted by Gasteiger charge is 2.37. The van der Waals surface area contributed by atoms with Crippen LogP contribution in [0.25, 0.3) is 55.7 Å². The number of anilines is 2. The van der Waals surface area contributed by atoms with Gasteiger partial charge in [0.2, 0.25) is 17.8 Å². The number of carboxylic acids is 1. The van der Waals surface area contributed by atoms with E-state index in [1.807, 2.05) is 60.7 Å². The molecule has 92 heavy (non-hydrogen) atoms. The van der Waals surface area contributed by atoms with Crippen molar-refractivity contribution in [3.05, 3.63) is 144 Å². The predicted octanol–water partition coefficient (Wildman–Crippen LogP) is 14.0. The Kier molecular flexibility index (Phi) is 29.6. The van der Waals surface area contributed by atoms with Crippen LogP contribution in [-0.4, -0.2) is 123 Å². The Morgan fingerprint density at radius 3 is 1.54 bits per heavy atom. The highest BCUT2D eigenvalue weighted by molar-refractivity contribution is 7.52. The summed E-state index contributed by atoms with van der Waals surface area (Å²) in [6, 6.07) is 37.4. The third-order valence-electron chi connectivity index (χ3n) is 15.8. The molecule has 0 bridgehead atoms. The Balaban J connectivity index is 0.000000250. The Bertz CT molecular complexity index is 3750. The zero-order valence-electron chi connectivity index (χ0n) is 51.8. The first-order valence-corrected chi connectivity index (χ1v) is 31.9. The number of nitrogens with one attached hydrogen (secondary N) is 3. The molecule has 0 radical (unpaired) electrons. The minimum absolute atomic E-state index is 0. The number of para-hydroxylation sites is 4. The van der Waals surface area contributed by atoms with Crippen molar-refractivity contribution in [1.29, 1.82) is 0 Å². The number of aliphatic carboxylic acids is 1. The number of alkyl halides is 1. The third kappa shape index (κ3) is 20.7. The summed E-state index contributed by atoms with van der Waals surface area (Å²) >= 11 is 11.7. The normalized spacial score (nSPS) is 18.4. The smallest absolute Gasteiger partial charge is 0.411 e. The molecular formula is C66H81Cl3FN11O9S2. The number of halogens is 4. The van der Waals surface area contributed by atoms with Gasteiger partial charge in [-0.05, 0) is 134 Å². The number of carboxylic acid groups (broad SMARTS) is 1. The second-order valence-electron chi connectivity index (χ2n) is 23.1. The average molecular weight is 1360 g/mol.